The minimum absolute atomic E-state index is 0. The number of benzene rings is 2. The Morgan fingerprint density at radius 3 is 2.34 bits per heavy atom. The molecular formula is C22H30N4O4S2. The lowest BCUT2D eigenvalue weighted by Gasteiger charge is -2.36. The first-order chi connectivity index (χ1) is 15.0. The Morgan fingerprint density at radius 1 is 1.03 bits per heavy atom. The van der Waals surface area contributed by atoms with Gasteiger partial charge in [-0.2, -0.15) is 0 Å². The lowest BCUT2D eigenvalue weighted by Crippen LogP contribution is -2.48. The maximum Gasteiger partial charge on any atom is 0.263 e. The molecule has 3 aromatic rings. The number of aryl methyl sites for hydroxylation is 1. The minimum atomic E-state index is -3.65. The van der Waals surface area contributed by atoms with Crippen molar-refractivity contribution in [2.45, 2.75) is 17.7 Å². The maximum absolute atomic E-state index is 12.5. The number of hydrogen-bond acceptors (Lipinski definition) is 6. The number of anilines is 2. The molecular weight excluding hydrogens is 448 g/mol. The van der Waals surface area contributed by atoms with Crippen molar-refractivity contribution in [2.75, 3.05) is 35.8 Å². The van der Waals surface area contributed by atoms with Crippen molar-refractivity contribution in [1.29, 1.82) is 0 Å². The van der Waals surface area contributed by atoms with Crippen molar-refractivity contribution >= 4 is 38.1 Å². The first kappa shape index (κ1) is 23.7. The van der Waals surface area contributed by atoms with Crippen molar-refractivity contribution in [2.24, 2.45) is 0 Å². The fourth-order valence-electron chi connectivity index (χ4n) is 3.55. The summed E-state index contributed by atoms with van der Waals surface area (Å²) >= 11 is 1.23. The SMILES string of the molecule is O.O=C(CCc1ccccc1)N1CCN(c2ccc(S(=O)(=O)Nc3nccs3)cc2)CC1.[HH].[HH]. The molecule has 0 atom stereocenters. The Balaban J connectivity index is 0.00000193. The molecule has 1 amide bonds. The van der Waals surface area contributed by atoms with Gasteiger partial charge < -0.3 is 15.3 Å². The molecule has 0 saturated carbocycles. The minimum Gasteiger partial charge on any atom is -0.412 e. The van der Waals surface area contributed by atoms with Crippen LogP contribution >= 0.6 is 11.3 Å². The van der Waals surface area contributed by atoms with Gasteiger partial charge in [-0.25, -0.2) is 13.4 Å². The molecule has 1 saturated heterocycles. The average Bonchev–Trinajstić information content (AvgIpc) is 3.31. The summed E-state index contributed by atoms with van der Waals surface area (Å²) < 4.78 is 27.4. The Morgan fingerprint density at radius 2 is 1.72 bits per heavy atom. The standard InChI is InChI=1S/C22H24N4O3S2.H2O.2H2/c27-21(11-6-18-4-2-1-3-5-18)26-15-13-25(14-16-26)19-7-9-20(10-8-19)31(28,29)24-22-23-12-17-30-22;;;/h1-5,7-10,12,17H,6,11,13-16H2,(H,23,24);1H2;2*1H. The van der Waals surface area contributed by atoms with E-state index in [9.17, 15) is 13.2 Å². The third-order valence-electron chi connectivity index (χ3n) is 5.27. The molecule has 32 heavy (non-hydrogen) atoms. The zero-order valence-electron chi connectivity index (χ0n) is 17.5. The van der Waals surface area contributed by atoms with Crippen LogP contribution in [0.25, 0.3) is 0 Å². The Kier molecular flexibility index (Phi) is 7.84. The number of carbonyl (C=O) groups excluding carboxylic acids is 1. The van der Waals surface area contributed by atoms with Gasteiger partial charge in [0.2, 0.25) is 5.91 Å². The van der Waals surface area contributed by atoms with Crippen LogP contribution in [0, 0.1) is 0 Å². The topological polar surface area (TPSA) is 114 Å². The molecule has 1 fully saturated rings. The van der Waals surface area contributed by atoms with Crippen molar-refractivity contribution in [3.05, 3.63) is 71.7 Å². The number of nitrogens with one attached hydrogen (secondary N) is 1. The lowest BCUT2D eigenvalue weighted by molar-refractivity contribution is -0.131. The largest absolute Gasteiger partial charge is 0.412 e. The van der Waals surface area contributed by atoms with Gasteiger partial charge in [-0.3, -0.25) is 9.52 Å². The Bertz CT molecular complexity index is 1110. The number of sulfonamides is 1. The van der Waals surface area contributed by atoms with Crippen LogP contribution in [0.3, 0.4) is 0 Å². The zero-order chi connectivity index (χ0) is 21.7. The van der Waals surface area contributed by atoms with Gasteiger partial charge in [0.25, 0.3) is 10.0 Å². The second-order valence-corrected chi connectivity index (χ2v) is 9.87. The van der Waals surface area contributed by atoms with Gasteiger partial charge in [-0.15, -0.1) is 11.3 Å². The van der Waals surface area contributed by atoms with Crippen molar-refractivity contribution in [3.63, 3.8) is 0 Å². The molecule has 8 nitrogen and oxygen atoms in total. The van der Waals surface area contributed by atoms with E-state index in [0.29, 0.717) is 24.6 Å². The summed E-state index contributed by atoms with van der Waals surface area (Å²) in [4.78, 5) is 20.8. The molecule has 0 bridgehead atoms. The van der Waals surface area contributed by atoms with E-state index in [1.807, 2.05) is 47.4 Å². The van der Waals surface area contributed by atoms with Gasteiger partial charge in [-0.05, 0) is 36.2 Å². The van der Waals surface area contributed by atoms with Crippen molar-refractivity contribution in [1.82, 2.24) is 9.88 Å². The predicted molar refractivity (Wildman–Crippen MR) is 131 cm³/mol. The lowest BCUT2D eigenvalue weighted by atomic mass is 10.1. The number of aromatic nitrogens is 1. The summed E-state index contributed by atoms with van der Waals surface area (Å²) in [5.74, 6) is 0.179. The van der Waals surface area contributed by atoms with Crippen LogP contribution in [0.15, 0.2) is 71.1 Å². The van der Waals surface area contributed by atoms with Crippen LogP contribution in [0.2, 0.25) is 0 Å². The smallest absolute Gasteiger partial charge is 0.263 e. The molecule has 4 rings (SSSR count). The molecule has 2 heterocycles. The maximum atomic E-state index is 12.5. The van der Waals surface area contributed by atoms with E-state index in [-0.39, 0.29) is 19.1 Å². The van der Waals surface area contributed by atoms with Crippen molar-refractivity contribution in [3.8, 4) is 0 Å². The number of piperazine rings is 1. The molecule has 0 radical (unpaired) electrons. The number of hydrogen-bond donors (Lipinski definition) is 1. The zero-order valence-corrected chi connectivity index (χ0v) is 19.1. The summed E-state index contributed by atoms with van der Waals surface area (Å²) in [6, 6.07) is 16.9. The summed E-state index contributed by atoms with van der Waals surface area (Å²) in [5, 5.41) is 2.06. The normalized spacial score (nSPS) is 14.0. The summed E-state index contributed by atoms with van der Waals surface area (Å²) in [6.07, 6.45) is 2.82. The third kappa shape index (κ3) is 5.84. The fraction of sp³-hybridized carbons (Fsp3) is 0.273. The highest BCUT2D eigenvalue weighted by Crippen LogP contribution is 2.22. The van der Waals surface area contributed by atoms with E-state index in [1.165, 1.54) is 16.9 Å². The quantitative estimate of drug-likeness (QED) is 0.561. The van der Waals surface area contributed by atoms with Crippen LogP contribution in [0.5, 0.6) is 0 Å². The molecule has 1 aliphatic heterocycles. The molecule has 0 aliphatic carbocycles. The molecule has 3 N–H and O–H groups in total. The Labute approximate surface area is 194 Å². The van der Waals surface area contributed by atoms with Gasteiger partial charge >= 0.3 is 0 Å². The van der Waals surface area contributed by atoms with E-state index in [2.05, 4.69) is 14.6 Å². The van der Waals surface area contributed by atoms with E-state index in [1.54, 1.807) is 23.7 Å². The molecule has 10 heteroatoms. The first-order valence-electron chi connectivity index (χ1n) is 10.1. The van der Waals surface area contributed by atoms with Gasteiger partial charge in [0.1, 0.15) is 0 Å². The third-order valence-corrected chi connectivity index (χ3v) is 7.44. The molecule has 0 spiro atoms. The fourth-order valence-corrected chi connectivity index (χ4v) is 5.34. The van der Waals surface area contributed by atoms with Gasteiger partial charge in [-0.1, -0.05) is 30.3 Å². The van der Waals surface area contributed by atoms with Crippen LogP contribution in [0.1, 0.15) is 14.8 Å². The van der Waals surface area contributed by atoms with E-state index in [4.69, 9.17) is 0 Å². The molecule has 1 aromatic heterocycles. The average molecular weight is 479 g/mol. The Hall–Kier alpha value is -2.95. The molecule has 174 valence electrons. The van der Waals surface area contributed by atoms with E-state index < -0.39 is 10.0 Å². The van der Waals surface area contributed by atoms with Gasteiger partial charge in [0, 0.05) is 52.7 Å². The number of rotatable bonds is 7. The molecule has 0 unspecified atom stereocenters. The second-order valence-electron chi connectivity index (χ2n) is 7.29. The summed E-state index contributed by atoms with van der Waals surface area (Å²) in [6.45, 7) is 2.78. The van der Waals surface area contributed by atoms with Gasteiger partial charge in [0.05, 0.1) is 4.90 Å². The van der Waals surface area contributed by atoms with Gasteiger partial charge in [0.15, 0.2) is 5.13 Å². The number of carbonyl (C=O) groups is 1. The van der Waals surface area contributed by atoms with Crippen LogP contribution in [-0.4, -0.2) is 55.9 Å². The first-order valence-corrected chi connectivity index (χ1v) is 12.5. The predicted octanol–water partition coefficient (Wildman–Crippen LogP) is 2.89. The number of amides is 1. The number of nitrogens with zero attached hydrogens (tertiary/aromatic N) is 3. The number of thiazole rings is 1. The monoisotopic (exact) mass is 478 g/mol. The summed E-state index contributed by atoms with van der Waals surface area (Å²) in [7, 11) is -3.65. The van der Waals surface area contributed by atoms with E-state index in [0.717, 1.165) is 25.2 Å². The highest BCUT2D eigenvalue weighted by Gasteiger charge is 2.22. The van der Waals surface area contributed by atoms with E-state index >= 15 is 0 Å². The van der Waals surface area contributed by atoms with Crippen molar-refractivity contribution < 1.29 is 21.5 Å². The molecule has 1 aliphatic rings. The van der Waals surface area contributed by atoms with Crippen LogP contribution in [0.4, 0.5) is 10.8 Å². The van der Waals surface area contributed by atoms with Crippen LogP contribution in [-0.2, 0) is 21.2 Å². The van der Waals surface area contributed by atoms with Crippen LogP contribution < -0.4 is 9.62 Å². The summed E-state index contributed by atoms with van der Waals surface area (Å²) in [5.41, 5.74) is 2.12. The molecule has 2 aromatic carbocycles. The second kappa shape index (κ2) is 10.6. The highest BCUT2D eigenvalue weighted by molar-refractivity contribution is 7.93. The highest BCUT2D eigenvalue weighted by atomic mass is 32.2.